The lowest BCUT2D eigenvalue weighted by atomic mass is 10.1. The summed E-state index contributed by atoms with van der Waals surface area (Å²) in [4.78, 5) is 30.5. The van der Waals surface area contributed by atoms with E-state index in [1.165, 1.54) is 11.8 Å². The Hall–Kier alpha value is -3.58. The van der Waals surface area contributed by atoms with E-state index < -0.39 is 0 Å². The van der Waals surface area contributed by atoms with Gasteiger partial charge in [0.15, 0.2) is 10.7 Å². The molecule has 1 atom stereocenters. The number of oxazole rings is 1. The molecule has 0 saturated heterocycles. The van der Waals surface area contributed by atoms with Crippen molar-refractivity contribution in [2.45, 2.75) is 24.7 Å². The van der Waals surface area contributed by atoms with Crippen molar-refractivity contribution in [1.82, 2.24) is 14.1 Å². The number of thioether (sulfide) groups is 1. The van der Waals surface area contributed by atoms with E-state index in [1.54, 1.807) is 15.2 Å². The zero-order valence-corrected chi connectivity index (χ0v) is 18.3. The molecule has 2 aromatic heterocycles. The maximum absolute atomic E-state index is 13.4. The second-order valence-electron chi connectivity index (χ2n) is 7.51. The number of nitrogens with zero attached hydrogens (tertiary/aromatic N) is 3. The number of hydrogen-bond acceptors (Lipinski definition) is 5. The molecule has 3 aromatic carbocycles. The molecule has 0 bridgehead atoms. The molecule has 1 unspecified atom stereocenters. The maximum atomic E-state index is 13.4. The molecule has 5 aromatic rings. The Bertz CT molecular complexity index is 1520. The Balaban J connectivity index is 1.52. The minimum absolute atomic E-state index is 0.0691. The average molecular weight is 444 g/mol. The smallest absolute Gasteiger partial charge is 0.408 e. The van der Waals surface area contributed by atoms with E-state index in [9.17, 15) is 9.59 Å². The Morgan fingerprint density at radius 3 is 2.50 bits per heavy atom. The first-order valence-electron chi connectivity index (χ1n) is 10.4. The van der Waals surface area contributed by atoms with Gasteiger partial charge in [0.05, 0.1) is 22.5 Å². The molecule has 160 valence electrons. The zero-order chi connectivity index (χ0) is 22.1. The number of para-hydroxylation sites is 3. The van der Waals surface area contributed by atoms with E-state index in [0.717, 1.165) is 11.1 Å². The Kier molecular flexibility index (Phi) is 5.41. The van der Waals surface area contributed by atoms with Gasteiger partial charge < -0.3 is 4.42 Å². The molecular formula is C25H21N3O3S. The first-order chi connectivity index (χ1) is 15.6. The van der Waals surface area contributed by atoms with Crippen LogP contribution in [-0.4, -0.2) is 19.9 Å². The van der Waals surface area contributed by atoms with Crippen LogP contribution in [0, 0.1) is 0 Å². The minimum Gasteiger partial charge on any atom is -0.408 e. The van der Waals surface area contributed by atoms with Gasteiger partial charge in [-0.2, -0.15) is 0 Å². The van der Waals surface area contributed by atoms with Gasteiger partial charge in [-0.1, -0.05) is 66.4 Å². The Labute approximate surface area is 188 Å². The summed E-state index contributed by atoms with van der Waals surface area (Å²) in [5.74, 6) is 0.184. The third-order valence-corrected chi connectivity index (χ3v) is 6.50. The molecule has 0 aliphatic rings. The van der Waals surface area contributed by atoms with Gasteiger partial charge in [0.1, 0.15) is 0 Å². The second kappa shape index (κ2) is 8.51. The first-order valence-corrected chi connectivity index (χ1v) is 11.4. The van der Waals surface area contributed by atoms with Gasteiger partial charge in [0.25, 0.3) is 5.56 Å². The van der Waals surface area contributed by atoms with Crippen LogP contribution in [-0.2, 0) is 6.54 Å². The molecule has 6 nitrogen and oxygen atoms in total. The molecule has 2 heterocycles. The Morgan fingerprint density at radius 1 is 0.938 bits per heavy atom. The SMILES string of the molecule is CC(c1ccccc1)n1c(SCCn2c(=O)oc3ccccc32)nc2ccccc2c1=O. The van der Waals surface area contributed by atoms with Crippen molar-refractivity contribution in [3.05, 3.63) is 105 Å². The van der Waals surface area contributed by atoms with E-state index in [1.807, 2.05) is 79.7 Å². The van der Waals surface area contributed by atoms with Crippen molar-refractivity contribution in [3.8, 4) is 0 Å². The summed E-state index contributed by atoms with van der Waals surface area (Å²) in [6.45, 7) is 2.45. The standard InChI is InChI=1S/C25H21N3O3S/c1-17(18-9-3-2-4-10-18)28-23(29)19-11-5-6-12-20(19)26-24(28)32-16-15-27-21-13-7-8-14-22(21)31-25(27)30/h2-14,17H,15-16H2,1H3. The van der Waals surface area contributed by atoms with Crippen molar-refractivity contribution in [3.63, 3.8) is 0 Å². The van der Waals surface area contributed by atoms with Crippen LogP contribution >= 0.6 is 11.8 Å². The normalized spacial score (nSPS) is 12.4. The lowest BCUT2D eigenvalue weighted by molar-refractivity contribution is 0.513. The average Bonchev–Trinajstić information content (AvgIpc) is 3.14. The predicted molar refractivity (Wildman–Crippen MR) is 127 cm³/mol. The third-order valence-electron chi connectivity index (χ3n) is 5.56. The van der Waals surface area contributed by atoms with E-state index in [2.05, 4.69) is 0 Å². The highest BCUT2D eigenvalue weighted by Crippen LogP contribution is 2.25. The highest BCUT2D eigenvalue weighted by atomic mass is 32.2. The molecular weight excluding hydrogens is 422 g/mol. The summed E-state index contributed by atoms with van der Waals surface area (Å²) < 4.78 is 8.69. The summed E-state index contributed by atoms with van der Waals surface area (Å²) in [6.07, 6.45) is 0. The number of benzene rings is 3. The van der Waals surface area contributed by atoms with E-state index in [-0.39, 0.29) is 17.4 Å². The molecule has 5 rings (SSSR count). The number of aromatic nitrogens is 3. The lowest BCUT2D eigenvalue weighted by Gasteiger charge is -2.20. The highest BCUT2D eigenvalue weighted by molar-refractivity contribution is 7.99. The van der Waals surface area contributed by atoms with Gasteiger partial charge in [-0.15, -0.1) is 0 Å². The molecule has 32 heavy (non-hydrogen) atoms. The lowest BCUT2D eigenvalue weighted by Crippen LogP contribution is -2.27. The van der Waals surface area contributed by atoms with Crippen molar-refractivity contribution >= 4 is 33.8 Å². The number of aryl methyl sites for hydroxylation is 1. The second-order valence-corrected chi connectivity index (χ2v) is 8.57. The van der Waals surface area contributed by atoms with Crippen LogP contribution in [0.1, 0.15) is 18.5 Å². The fourth-order valence-corrected chi connectivity index (χ4v) is 4.90. The molecule has 0 N–H and O–H groups in total. The van der Waals surface area contributed by atoms with Crippen LogP contribution in [0.5, 0.6) is 0 Å². The fourth-order valence-electron chi connectivity index (χ4n) is 3.90. The van der Waals surface area contributed by atoms with E-state index in [4.69, 9.17) is 9.40 Å². The zero-order valence-electron chi connectivity index (χ0n) is 17.5. The largest absolute Gasteiger partial charge is 0.419 e. The molecule has 0 amide bonds. The fraction of sp³-hybridized carbons (Fsp3) is 0.160. The predicted octanol–water partition coefficient (Wildman–Crippen LogP) is 4.71. The van der Waals surface area contributed by atoms with Crippen molar-refractivity contribution < 1.29 is 4.42 Å². The minimum atomic E-state index is -0.381. The van der Waals surface area contributed by atoms with Crippen molar-refractivity contribution in [2.75, 3.05) is 5.75 Å². The summed E-state index contributed by atoms with van der Waals surface area (Å²) in [6, 6.07) is 24.5. The van der Waals surface area contributed by atoms with Crippen LogP contribution in [0.15, 0.2) is 98.0 Å². The summed E-state index contributed by atoms with van der Waals surface area (Å²) >= 11 is 1.47. The molecule has 0 aliphatic carbocycles. The highest BCUT2D eigenvalue weighted by Gasteiger charge is 2.18. The summed E-state index contributed by atoms with van der Waals surface area (Å²) in [7, 11) is 0. The van der Waals surface area contributed by atoms with Gasteiger partial charge in [0, 0.05) is 12.3 Å². The van der Waals surface area contributed by atoms with Crippen LogP contribution in [0.3, 0.4) is 0 Å². The van der Waals surface area contributed by atoms with Gasteiger partial charge in [-0.25, -0.2) is 9.78 Å². The molecule has 0 saturated carbocycles. The first kappa shape index (κ1) is 20.3. The monoisotopic (exact) mass is 443 g/mol. The quantitative estimate of drug-likeness (QED) is 0.281. The number of rotatable bonds is 6. The van der Waals surface area contributed by atoms with Crippen LogP contribution < -0.4 is 11.3 Å². The summed E-state index contributed by atoms with van der Waals surface area (Å²) in [5.41, 5.74) is 2.97. The summed E-state index contributed by atoms with van der Waals surface area (Å²) in [5, 5.41) is 1.22. The third kappa shape index (κ3) is 3.65. The van der Waals surface area contributed by atoms with Gasteiger partial charge in [-0.05, 0) is 36.8 Å². The topological polar surface area (TPSA) is 70.0 Å². The van der Waals surface area contributed by atoms with Crippen LogP contribution in [0.25, 0.3) is 22.0 Å². The van der Waals surface area contributed by atoms with Crippen LogP contribution in [0.2, 0.25) is 0 Å². The molecule has 0 aliphatic heterocycles. The molecule has 0 radical (unpaired) electrons. The van der Waals surface area contributed by atoms with Crippen molar-refractivity contribution in [1.29, 1.82) is 0 Å². The molecule has 0 spiro atoms. The Morgan fingerprint density at radius 2 is 1.66 bits per heavy atom. The molecule has 7 heteroatoms. The van der Waals surface area contributed by atoms with E-state index in [0.29, 0.717) is 33.9 Å². The maximum Gasteiger partial charge on any atom is 0.419 e. The van der Waals surface area contributed by atoms with Crippen LogP contribution in [0.4, 0.5) is 0 Å². The van der Waals surface area contributed by atoms with Crippen molar-refractivity contribution in [2.24, 2.45) is 0 Å². The molecule has 0 fully saturated rings. The van der Waals surface area contributed by atoms with E-state index >= 15 is 0 Å². The van der Waals surface area contributed by atoms with Gasteiger partial charge in [0.2, 0.25) is 0 Å². The number of hydrogen-bond donors (Lipinski definition) is 0. The van der Waals surface area contributed by atoms with Gasteiger partial charge in [-0.3, -0.25) is 13.9 Å². The number of fused-ring (bicyclic) bond motifs is 2. The van der Waals surface area contributed by atoms with Gasteiger partial charge >= 0.3 is 5.76 Å².